The fraction of sp³-hybridized carbons (Fsp3) is 0.406. The van der Waals surface area contributed by atoms with E-state index >= 15 is 0 Å². The average molecular weight is 895 g/mol. The molecule has 5 aliphatic rings. The molecule has 1 aromatic heterocycles. The zero-order valence-electron chi connectivity index (χ0n) is 43.2. The SMILES string of the molecule is Cc1cc2c3c(c1)N(c1ccc4c(c1)C(C)(C)CCC4(C)C)c1oc4cc5c(cc4c1B3c1cc(C(C)(C)C)ccc1N2c1ccc(C(C)(C)C)cc1-c1ccccc1)C(C)C1CCCC5(C)C1. The lowest BCUT2D eigenvalue weighted by Crippen LogP contribution is -2.61. The number of hydrogen-bond donors (Lipinski definition) is 0. The molecular weight excluding hydrogens is 824 g/mol. The zero-order valence-corrected chi connectivity index (χ0v) is 43.2. The maximum absolute atomic E-state index is 7.63. The molecule has 0 spiro atoms. The zero-order chi connectivity index (χ0) is 47.6. The van der Waals surface area contributed by atoms with Gasteiger partial charge in [-0.15, -0.1) is 0 Å². The van der Waals surface area contributed by atoms with Gasteiger partial charge in [-0.05, 0) is 188 Å². The van der Waals surface area contributed by atoms with Gasteiger partial charge in [0.2, 0.25) is 5.88 Å². The van der Waals surface area contributed by atoms with E-state index in [9.17, 15) is 0 Å². The molecule has 3 atom stereocenters. The monoisotopic (exact) mass is 895 g/mol. The second-order valence-corrected chi connectivity index (χ2v) is 25.7. The Morgan fingerprint density at radius 3 is 1.99 bits per heavy atom. The largest absolute Gasteiger partial charge is 0.440 e. The molecule has 2 bridgehead atoms. The van der Waals surface area contributed by atoms with Crippen LogP contribution in [-0.2, 0) is 27.1 Å². The van der Waals surface area contributed by atoms with Crippen LogP contribution in [0.3, 0.4) is 0 Å². The van der Waals surface area contributed by atoms with Crippen LogP contribution in [0, 0.1) is 12.8 Å². The van der Waals surface area contributed by atoms with Crippen LogP contribution < -0.4 is 26.2 Å². The van der Waals surface area contributed by atoms with Crippen molar-refractivity contribution in [1.29, 1.82) is 0 Å². The summed E-state index contributed by atoms with van der Waals surface area (Å²) in [7, 11) is 0. The molecule has 0 amide bonds. The average Bonchev–Trinajstić information content (AvgIpc) is 3.66. The van der Waals surface area contributed by atoms with E-state index in [1.165, 1.54) is 127 Å². The Labute approximate surface area is 407 Å². The van der Waals surface area contributed by atoms with Gasteiger partial charge in [-0.3, -0.25) is 4.90 Å². The van der Waals surface area contributed by atoms with E-state index in [4.69, 9.17) is 4.42 Å². The minimum atomic E-state index is -0.0484. The van der Waals surface area contributed by atoms with E-state index in [0.29, 0.717) is 5.92 Å². The molecule has 1 saturated carbocycles. The van der Waals surface area contributed by atoms with Crippen molar-refractivity contribution in [3.05, 3.63) is 148 Å². The van der Waals surface area contributed by atoms with Gasteiger partial charge < -0.3 is 9.32 Å². The van der Waals surface area contributed by atoms with E-state index < -0.39 is 0 Å². The van der Waals surface area contributed by atoms with Crippen LogP contribution in [0.5, 0.6) is 0 Å². The molecule has 0 radical (unpaired) electrons. The molecule has 3 unspecified atom stereocenters. The van der Waals surface area contributed by atoms with Gasteiger partial charge >= 0.3 is 0 Å². The van der Waals surface area contributed by atoms with Gasteiger partial charge in [0.15, 0.2) is 0 Å². The maximum atomic E-state index is 7.63. The summed E-state index contributed by atoms with van der Waals surface area (Å²) < 4.78 is 7.63. The standard InChI is InChI=1S/C64H71BN2O/c1-38-30-54-58-55(31-38)67(52-25-21-42(60(3,4)5)32-46(52)40-18-15-14-16-19-40)53-26-22-43(61(6,7)8)33-51(53)65(58)57-47-35-45-39(2)41-20-17-27-64(13,37-41)49(45)36-56(47)68-59(57)66(54)44-23-24-48-50(34-44)63(11,12)29-28-62(48,9)10/h14-16,18-19,21-26,30-36,39,41H,17,20,27-29,37H2,1-13H3. The Balaban J connectivity index is 1.20. The summed E-state index contributed by atoms with van der Waals surface area (Å²) in [6.45, 7) is 31.2. The summed E-state index contributed by atoms with van der Waals surface area (Å²) in [6.07, 6.45) is 7.52. The van der Waals surface area contributed by atoms with Crippen LogP contribution in [0.4, 0.5) is 34.3 Å². The van der Waals surface area contributed by atoms with Crippen LogP contribution in [0.25, 0.3) is 22.1 Å². The predicted molar refractivity (Wildman–Crippen MR) is 291 cm³/mol. The number of anilines is 6. The Bertz CT molecular complexity index is 3230. The van der Waals surface area contributed by atoms with Crippen molar-refractivity contribution in [1.82, 2.24) is 0 Å². The summed E-state index contributed by atoms with van der Waals surface area (Å²) in [5.41, 5.74) is 23.8. The lowest BCUT2D eigenvalue weighted by Gasteiger charge is -2.47. The smallest absolute Gasteiger partial charge is 0.257 e. The Morgan fingerprint density at radius 1 is 0.618 bits per heavy atom. The molecule has 12 rings (SSSR count). The molecule has 346 valence electrons. The molecule has 0 saturated heterocycles. The van der Waals surface area contributed by atoms with Crippen molar-refractivity contribution in [3.8, 4) is 11.1 Å². The van der Waals surface area contributed by atoms with Crippen LogP contribution in [0.15, 0.2) is 114 Å². The first-order valence-electron chi connectivity index (χ1n) is 26.0. The molecule has 68 heavy (non-hydrogen) atoms. The molecule has 3 nitrogen and oxygen atoms in total. The number of rotatable bonds is 3. The van der Waals surface area contributed by atoms with Crippen LogP contribution in [0.1, 0.15) is 166 Å². The third-order valence-electron chi connectivity index (χ3n) is 18.0. The molecule has 7 aromatic rings. The summed E-state index contributed by atoms with van der Waals surface area (Å²) in [5, 5.41) is 1.28. The highest BCUT2D eigenvalue weighted by Gasteiger charge is 2.49. The molecule has 0 N–H and O–H groups in total. The van der Waals surface area contributed by atoms with Crippen molar-refractivity contribution in [2.45, 2.75) is 162 Å². The quantitative estimate of drug-likeness (QED) is 0.165. The molecule has 1 fully saturated rings. The van der Waals surface area contributed by atoms with Gasteiger partial charge in [0.1, 0.15) is 5.58 Å². The topological polar surface area (TPSA) is 19.6 Å². The van der Waals surface area contributed by atoms with Crippen molar-refractivity contribution >= 4 is 68.4 Å². The number of nitrogens with zero attached hydrogens (tertiary/aromatic N) is 2. The van der Waals surface area contributed by atoms with E-state index in [2.05, 4.69) is 209 Å². The third kappa shape index (κ3) is 6.44. The molecule has 6 aromatic carbocycles. The van der Waals surface area contributed by atoms with Gasteiger partial charge in [0.05, 0.1) is 5.69 Å². The molecule has 3 aliphatic carbocycles. The highest BCUT2D eigenvalue weighted by molar-refractivity contribution is 7.01. The van der Waals surface area contributed by atoms with Gasteiger partial charge in [0.25, 0.3) is 6.71 Å². The van der Waals surface area contributed by atoms with Crippen LogP contribution >= 0.6 is 0 Å². The van der Waals surface area contributed by atoms with Gasteiger partial charge in [-0.25, -0.2) is 0 Å². The summed E-state index contributed by atoms with van der Waals surface area (Å²) in [5.74, 6) is 2.21. The second-order valence-electron chi connectivity index (χ2n) is 25.7. The van der Waals surface area contributed by atoms with Gasteiger partial charge in [0, 0.05) is 39.2 Å². The van der Waals surface area contributed by atoms with E-state index in [1.807, 2.05) is 0 Å². The first kappa shape index (κ1) is 43.8. The lowest BCUT2D eigenvalue weighted by molar-refractivity contribution is 0.191. The first-order chi connectivity index (χ1) is 32.1. The van der Waals surface area contributed by atoms with E-state index in [0.717, 1.165) is 23.8 Å². The van der Waals surface area contributed by atoms with Crippen molar-refractivity contribution in [2.75, 3.05) is 9.80 Å². The number of aryl methyl sites for hydroxylation is 1. The van der Waals surface area contributed by atoms with E-state index in [-0.39, 0.29) is 33.8 Å². The molecule has 2 aliphatic heterocycles. The minimum Gasteiger partial charge on any atom is -0.440 e. The Hall–Kier alpha value is -5.48. The van der Waals surface area contributed by atoms with E-state index in [1.54, 1.807) is 5.56 Å². The number of fused-ring (bicyclic) bond motifs is 11. The second kappa shape index (κ2) is 14.5. The number of hydrogen-bond acceptors (Lipinski definition) is 3. The van der Waals surface area contributed by atoms with Gasteiger partial charge in [-0.1, -0.05) is 144 Å². The lowest BCUT2D eigenvalue weighted by atomic mass is 9.33. The highest BCUT2D eigenvalue weighted by Crippen LogP contribution is 2.56. The first-order valence-corrected chi connectivity index (χ1v) is 26.0. The van der Waals surface area contributed by atoms with Gasteiger partial charge in [-0.2, -0.15) is 0 Å². The maximum Gasteiger partial charge on any atom is 0.257 e. The Morgan fingerprint density at radius 2 is 1.28 bits per heavy atom. The van der Waals surface area contributed by atoms with Crippen molar-refractivity contribution in [2.24, 2.45) is 5.92 Å². The highest BCUT2D eigenvalue weighted by atomic mass is 16.4. The number of benzene rings is 6. The summed E-state index contributed by atoms with van der Waals surface area (Å²) in [4.78, 5) is 5.19. The summed E-state index contributed by atoms with van der Waals surface area (Å²) in [6, 6.07) is 43.3. The van der Waals surface area contributed by atoms with Crippen molar-refractivity contribution < 1.29 is 4.42 Å². The molecule has 4 heteroatoms. The Kier molecular flexibility index (Phi) is 9.36. The fourth-order valence-corrected chi connectivity index (χ4v) is 13.8. The van der Waals surface area contributed by atoms with Crippen LogP contribution in [-0.4, -0.2) is 6.71 Å². The van der Waals surface area contributed by atoms with Crippen LogP contribution in [0.2, 0.25) is 0 Å². The van der Waals surface area contributed by atoms with Crippen molar-refractivity contribution in [3.63, 3.8) is 0 Å². The summed E-state index contributed by atoms with van der Waals surface area (Å²) >= 11 is 0. The molecule has 3 heterocycles. The minimum absolute atomic E-state index is 0.0122. The normalized spacial score (nSPS) is 22.0. The predicted octanol–water partition coefficient (Wildman–Crippen LogP) is 16.0. The molecular formula is C64H71BN2O. The fourth-order valence-electron chi connectivity index (χ4n) is 13.8. The third-order valence-corrected chi connectivity index (χ3v) is 18.0. The number of furan rings is 1.